The topological polar surface area (TPSA) is 55.0 Å². The number of aromatic nitrogens is 2. The van der Waals surface area contributed by atoms with Crippen molar-refractivity contribution in [2.24, 2.45) is 5.73 Å². The third kappa shape index (κ3) is 2.04. The van der Waals surface area contributed by atoms with Crippen LogP contribution in [0.2, 0.25) is 0 Å². The number of thiocarbonyl (C=S) groups is 1. The van der Waals surface area contributed by atoms with Crippen molar-refractivity contribution in [1.29, 1.82) is 0 Å². The molecule has 5 heteroatoms. The smallest absolute Gasteiger partial charge is 0.162 e. The number of hydrogen-bond donors (Lipinski definition) is 1. The molecule has 2 aromatic rings. The van der Waals surface area contributed by atoms with Gasteiger partial charge in [-0.3, -0.25) is 0 Å². The molecule has 3 rings (SSSR count). The molecule has 1 aliphatic rings. The quantitative estimate of drug-likeness (QED) is 0.857. The summed E-state index contributed by atoms with van der Waals surface area (Å²) >= 11 is 5.20. The van der Waals surface area contributed by atoms with Crippen molar-refractivity contribution in [3.63, 3.8) is 0 Å². The van der Waals surface area contributed by atoms with E-state index in [4.69, 9.17) is 18.0 Å². The standard InChI is InChI=1S/C15H16N4S/c1-9-10(2)17-18-15(13(9)14(16)20)19-7-11-5-3-4-6-12(11)8-19/h3-6H,7-8H2,1-2H3,(H2,16,20). The molecule has 0 unspecified atom stereocenters. The molecule has 1 aromatic heterocycles. The molecule has 102 valence electrons. The number of benzene rings is 1. The van der Waals surface area contributed by atoms with Gasteiger partial charge in [-0.25, -0.2) is 0 Å². The average molecular weight is 284 g/mol. The fourth-order valence-electron chi connectivity index (χ4n) is 2.60. The number of rotatable bonds is 2. The molecule has 0 fully saturated rings. The lowest BCUT2D eigenvalue weighted by molar-refractivity contribution is 0.817. The summed E-state index contributed by atoms with van der Waals surface area (Å²) in [5.74, 6) is 0.789. The van der Waals surface area contributed by atoms with Crippen molar-refractivity contribution in [3.8, 4) is 0 Å². The van der Waals surface area contributed by atoms with Gasteiger partial charge in [-0.15, -0.1) is 5.10 Å². The van der Waals surface area contributed by atoms with Gasteiger partial charge in [0.2, 0.25) is 0 Å². The van der Waals surface area contributed by atoms with E-state index in [0.717, 1.165) is 35.7 Å². The van der Waals surface area contributed by atoms with Crippen LogP contribution in [0.3, 0.4) is 0 Å². The Morgan fingerprint density at radius 2 is 1.75 bits per heavy atom. The molecule has 4 nitrogen and oxygen atoms in total. The molecule has 0 amide bonds. The first-order valence-electron chi connectivity index (χ1n) is 6.53. The lowest BCUT2D eigenvalue weighted by Crippen LogP contribution is -2.24. The highest BCUT2D eigenvalue weighted by molar-refractivity contribution is 7.80. The second kappa shape index (κ2) is 4.83. The highest BCUT2D eigenvalue weighted by Crippen LogP contribution is 2.30. The minimum atomic E-state index is 0.381. The largest absolute Gasteiger partial charge is 0.389 e. The molecular weight excluding hydrogens is 268 g/mol. The number of aryl methyl sites for hydroxylation is 1. The summed E-state index contributed by atoms with van der Waals surface area (Å²) in [4.78, 5) is 2.56. The minimum Gasteiger partial charge on any atom is -0.389 e. The first-order chi connectivity index (χ1) is 9.58. The van der Waals surface area contributed by atoms with Crippen LogP contribution >= 0.6 is 12.2 Å². The Morgan fingerprint density at radius 1 is 1.15 bits per heavy atom. The highest BCUT2D eigenvalue weighted by Gasteiger charge is 2.24. The summed E-state index contributed by atoms with van der Waals surface area (Å²) in [5, 5.41) is 8.56. The summed E-state index contributed by atoms with van der Waals surface area (Å²) in [6.07, 6.45) is 0. The number of nitrogens with zero attached hydrogens (tertiary/aromatic N) is 3. The lowest BCUT2D eigenvalue weighted by atomic mass is 10.1. The highest BCUT2D eigenvalue weighted by atomic mass is 32.1. The average Bonchev–Trinajstić information content (AvgIpc) is 2.84. The molecule has 0 radical (unpaired) electrons. The first kappa shape index (κ1) is 13.0. The van der Waals surface area contributed by atoms with Gasteiger partial charge in [0.1, 0.15) is 4.99 Å². The van der Waals surface area contributed by atoms with Crippen LogP contribution in [0, 0.1) is 13.8 Å². The maximum Gasteiger partial charge on any atom is 0.162 e. The molecule has 1 aromatic carbocycles. The molecule has 0 atom stereocenters. The molecule has 2 N–H and O–H groups in total. The van der Waals surface area contributed by atoms with Crippen molar-refractivity contribution in [2.75, 3.05) is 4.90 Å². The van der Waals surface area contributed by atoms with Crippen LogP contribution in [0.15, 0.2) is 24.3 Å². The zero-order valence-corrected chi connectivity index (χ0v) is 12.4. The number of anilines is 1. The summed E-state index contributed by atoms with van der Waals surface area (Å²) < 4.78 is 0. The molecule has 20 heavy (non-hydrogen) atoms. The van der Waals surface area contributed by atoms with E-state index in [1.54, 1.807) is 0 Å². The van der Waals surface area contributed by atoms with Crippen LogP contribution in [0.4, 0.5) is 5.82 Å². The van der Waals surface area contributed by atoms with Gasteiger partial charge in [0.05, 0.1) is 11.3 Å². The van der Waals surface area contributed by atoms with Crippen LogP contribution in [0.25, 0.3) is 0 Å². The maximum absolute atomic E-state index is 5.89. The van der Waals surface area contributed by atoms with Gasteiger partial charge in [-0.05, 0) is 30.5 Å². The van der Waals surface area contributed by atoms with Crippen molar-refractivity contribution in [3.05, 3.63) is 52.2 Å². The molecule has 0 saturated heterocycles. The molecule has 0 aliphatic carbocycles. The third-order valence-corrected chi connectivity index (χ3v) is 4.03. The zero-order chi connectivity index (χ0) is 14.3. The molecule has 0 bridgehead atoms. The molecular formula is C15H16N4S. The van der Waals surface area contributed by atoms with Crippen LogP contribution in [-0.2, 0) is 13.1 Å². The van der Waals surface area contributed by atoms with Crippen molar-refractivity contribution >= 4 is 23.0 Å². The summed E-state index contributed by atoms with van der Waals surface area (Å²) in [6, 6.07) is 8.40. The maximum atomic E-state index is 5.89. The summed E-state index contributed by atoms with van der Waals surface area (Å²) in [6.45, 7) is 5.56. The molecule has 2 heterocycles. The van der Waals surface area contributed by atoms with E-state index < -0.39 is 0 Å². The normalized spacial score (nSPS) is 13.4. The molecule has 0 saturated carbocycles. The van der Waals surface area contributed by atoms with Gasteiger partial charge in [0.15, 0.2) is 5.82 Å². The Labute approximate surface area is 123 Å². The van der Waals surface area contributed by atoms with Gasteiger partial charge in [0, 0.05) is 13.1 Å². The number of hydrogen-bond acceptors (Lipinski definition) is 4. The first-order valence-corrected chi connectivity index (χ1v) is 6.94. The van der Waals surface area contributed by atoms with Crippen molar-refractivity contribution in [2.45, 2.75) is 26.9 Å². The van der Waals surface area contributed by atoms with E-state index in [2.05, 4.69) is 39.4 Å². The Bertz CT molecular complexity index is 671. The number of nitrogens with two attached hydrogens (primary N) is 1. The number of fused-ring (bicyclic) bond motifs is 1. The Balaban J connectivity index is 2.05. The fourth-order valence-corrected chi connectivity index (χ4v) is 2.84. The van der Waals surface area contributed by atoms with Gasteiger partial charge < -0.3 is 10.6 Å². The lowest BCUT2D eigenvalue weighted by Gasteiger charge is -2.20. The second-order valence-corrected chi connectivity index (χ2v) is 5.54. The van der Waals surface area contributed by atoms with E-state index >= 15 is 0 Å². The van der Waals surface area contributed by atoms with Gasteiger partial charge in [-0.2, -0.15) is 5.10 Å². The van der Waals surface area contributed by atoms with E-state index in [1.807, 2.05) is 13.8 Å². The Kier molecular flexibility index (Phi) is 3.14. The fraction of sp³-hybridized carbons (Fsp3) is 0.267. The minimum absolute atomic E-state index is 0.381. The summed E-state index contributed by atoms with van der Waals surface area (Å²) in [7, 11) is 0. The SMILES string of the molecule is Cc1nnc(N2Cc3ccccc3C2)c(C(N)=S)c1C. The Morgan fingerprint density at radius 3 is 2.30 bits per heavy atom. The predicted octanol–water partition coefficient (Wildman–Crippen LogP) is 2.25. The van der Waals surface area contributed by atoms with Crippen LogP contribution in [0.1, 0.15) is 27.9 Å². The van der Waals surface area contributed by atoms with Crippen LogP contribution in [0.5, 0.6) is 0 Å². The van der Waals surface area contributed by atoms with Crippen molar-refractivity contribution < 1.29 is 0 Å². The van der Waals surface area contributed by atoms with E-state index in [0.29, 0.717) is 4.99 Å². The van der Waals surface area contributed by atoms with E-state index in [1.165, 1.54) is 11.1 Å². The van der Waals surface area contributed by atoms with Gasteiger partial charge >= 0.3 is 0 Å². The second-order valence-electron chi connectivity index (χ2n) is 5.10. The predicted molar refractivity (Wildman–Crippen MR) is 83.7 cm³/mol. The zero-order valence-electron chi connectivity index (χ0n) is 11.6. The monoisotopic (exact) mass is 284 g/mol. The van der Waals surface area contributed by atoms with E-state index in [-0.39, 0.29) is 0 Å². The van der Waals surface area contributed by atoms with Crippen molar-refractivity contribution in [1.82, 2.24) is 10.2 Å². The molecule has 0 spiro atoms. The van der Waals surface area contributed by atoms with Crippen LogP contribution < -0.4 is 10.6 Å². The Hall–Kier alpha value is -2.01. The summed E-state index contributed by atoms with van der Waals surface area (Å²) in [5.41, 5.74) is 11.3. The van der Waals surface area contributed by atoms with Gasteiger partial charge in [-0.1, -0.05) is 36.5 Å². The van der Waals surface area contributed by atoms with Gasteiger partial charge in [0.25, 0.3) is 0 Å². The van der Waals surface area contributed by atoms with E-state index in [9.17, 15) is 0 Å². The molecule has 1 aliphatic heterocycles. The van der Waals surface area contributed by atoms with Crippen LogP contribution in [-0.4, -0.2) is 15.2 Å². The third-order valence-electron chi connectivity index (χ3n) is 3.82.